The van der Waals surface area contributed by atoms with Gasteiger partial charge in [0.05, 0.1) is 11.4 Å². The number of para-hydroxylation sites is 1. The van der Waals surface area contributed by atoms with Gasteiger partial charge in [-0.3, -0.25) is 9.78 Å². The maximum Gasteiger partial charge on any atom is 0.313 e. The summed E-state index contributed by atoms with van der Waals surface area (Å²) in [6, 6.07) is 19.9. The normalized spacial score (nSPS) is 22.8. The first-order valence-corrected chi connectivity index (χ1v) is 11.6. The van der Waals surface area contributed by atoms with Crippen LogP contribution in [0.4, 0.5) is 0 Å². The summed E-state index contributed by atoms with van der Waals surface area (Å²) in [6.45, 7) is 9.01. The molecule has 2 heterocycles. The van der Waals surface area contributed by atoms with Gasteiger partial charge in [0.15, 0.2) is 0 Å². The maximum absolute atomic E-state index is 13.3. The molecule has 1 aliphatic heterocycles. The number of esters is 1. The van der Waals surface area contributed by atoms with E-state index in [0.29, 0.717) is 11.8 Å². The van der Waals surface area contributed by atoms with Gasteiger partial charge in [-0.1, -0.05) is 68.0 Å². The quantitative estimate of drug-likeness (QED) is 0.381. The Morgan fingerprint density at radius 1 is 1.19 bits per heavy atom. The molecule has 0 amide bonds. The minimum absolute atomic E-state index is 0.0360. The highest BCUT2D eigenvalue weighted by atomic mass is 16.5. The van der Waals surface area contributed by atoms with E-state index >= 15 is 0 Å². The molecule has 0 spiro atoms. The Bertz CT molecular complexity index is 1060. The second-order valence-corrected chi connectivity index (χ2v) is 8.73. The Kier molecular flexibility index (Phi) is 7.01. The smallest absolute Gasteiger partial charge is 0.313 e. The Morgan fingerprint density at radius 3 is 2.69 bits per heavy atom. The van der Waals surface area contributed by atoms with E-state index in [4.69, 9.17) is 4.74 Å². The summed E-state index contributed by atoms with van der Waals surface area (Å²) in [4.78, 5) is 17.8. The lowest BCUT2D eigenvalue weighted by Crippen LogP contribution is -2.47. The lowest BCUT2D eigenvalue weighted by Gasteiger charge is -2.39. The van der Waals surface area contributed by atoms with Crippen molar-refractivity contribution in [3.63, 3.8) is 0 Å². The number of aromatic nitrogens is 1. The Morgan fingerprint density at radius 2 is 1.94 bits per heavy atom. The fourth-order valence-corrected chi connectivity index (χ4v) is 4.85. The third kappa shape index (κ3) is 4.61. The lowest BCUT2D eigenvalue weighted by atomic mass is 9.79. The zero-order valence-electron chi connectivity index (χ0n) is 18.9. The number of hydrogen-bond acceptors (Lipinski definition) is 4. The fourth-order valence-electron chi connectivity index (χ4n) is 4.85. The van der Waals surface area contributed by atoms with Crippen LogP contribution in [-0.2, 0) is 9.53 Å². The van der Waals surface area contributed by atoms with Crippen molar-refractivity contribution in [1.82, 2.24) is 10.3 Å². The number of piperidine rings is 1. The topological polar surface area (TPSA) is 51.2 Å². The fraction of sp³-hybridized carbons (Fsp3) is 0.357. The van der Waals surface area contributed by atoms with Crippen molar-refractivity contribution in [1.29, 1.82) is 0 Å². The number of rotatable bonds is 7. The van der Waals surface area contributed by atoms with Crippen molar-refractivity contribution in [3.8, 4) is 0 Å². The predicted molar refractivity (Wildman–Crippen MR) is 129 cm³/mol. The molecule has 3 aromatic rings. The highest BCUT2D eigenvalue weighted by Crippen LogP contribution is 2.36. The van der Waals surface area contributed by atoms with E-state index in [1.165, 1.54) is 0 Å². The van der Waals surface area contributed by atoms with Gasteiger partial charge in [-0.25, -0.2) is 0 Å². The van der Waals surface area contributed by atoms with Crippen LogP contribution in [0.5, 0.6) is 0 Å². The standard InChI is InChI=1S/C28H32N2O2/c1-4-20-17-26(30-18-21(20)5-2)27(24-15-16-29-25-14-10-9-13-23(24)25)32-28(31)19(3)22-11-7-6-8-12-22/h5-16,19-21,26-27,30H,2,4,17-18H2,1,3H3/t19?,20-,21-,26+,27-/m0/s1. The first kappa shape index (κ1) is 22.2. The average molecular weight is 429 g/mol. The number of carbonyl (C=O) groups excluding carboxylic acids is 1. The van der Waals surface area contributed by atoms with E-state index in [1.54, 1.807) is 0 Å². The third-order valence-electron chi connectivity index (χ3n) is 6.86. The second kappa shape index (κ2) is 10.1. The van der Waals surface area contributed by atoms with E-state index < -0.39 is 0 Å². The molecular weight excluding hydrogens is 396 g/mol. The molecule has 4 heteroatoms. The number of nitrogens with one attached hydrogen (secondary N) is 1. The number of pyridine rings is 1. The van der Waals surface area contributed by atoms with Crippen LogP contribution >= 0.6 is 0 Å². The largest absolute Gasteiger partial charge is 0.455 e. The summed E-state index contributed by atoms with van der Waals surface area (Å²) in [5.74, 6) is 0.408. The van der Waals surface area contributed by atoms with Crippen molar-refractivity contribution in [2.24, 2.45) is 11.8 Å². The van der Waals surface area contributed by atoms with E-state index in [1.807, 2.05) is 67.7 Å². The second-order valence-electron chi connectivity index (χ2n) is 8.73. The number of fused-ring (bicyclic) bond motifs is 1. The molecule has 0 aliphatic carbocycles. The molecule has 32 heavy (non-hydrogen) atoms. The average Bonchev–Trinajstić information content (AvgIpc) is 2.86. The Labute approximate surface area is 190 Å². The lowest BCUT2D eigenvalue weighted by molar-refractivity contribution is -0.153. The summed E-state index contributed by atoms with van der Waals surface area (Å²) >= 11 is 0. The summed E-state index contributed by atoms with van der Waals surface area (Å²) < 4.78 is 6.31. The molecule has 4 nitrogen and oxygen atoms in total. The molecule has 1 saturated heterocycles. The van der Waals surface area contributed by atoms with Crippen molar-refractivity contribution in [2.45, 2.75) is 44.8 Å². The van der Waals surface area contributed by atoms with Gasteiger partial charge in [0.25, 0.3) is 0 Å². The number of nitrogens with zero attached hydrogens (tertiary/aromatic N) is 1. The molecule has 1 fully saturated rings. The zero-order chi connectivity index (χ0) is 22.5. The number of ether oxygens (including phenoxy) is 1. The minimum atomic E-state index is -0.388. The maximum atomic E-state index is 13.3. The van der Waals surface area contributed by atoms with Crippen LogP contribution in [-0.4, -0.2) is 23.5 Å². The molecule has 5 atom stereocenters. The summed E-state index contributed by atoms with van der Waals surface area (Å²) in [6.07, 6.45) is 5.49. The predicted octanol–water partition coefficient (Wildman–Crippen LogP) is 5.81. The van der Waals surface area contributed by atoms with Gasteiger partial charge in [0.2, 0.25) is 0 Å². The molecule has 1 N–H and O–H groups in total. The zero-order valence-corrected chi connectivity index (χ0v) is 18.9. The first-order valence-electron chi connectivity index (χ1n) is 11.6. The molecule has 1 unspecified atom stereocenters. The van der Waals surface area contributed by atoms with Gasteiger partial charge in [-0.2, -0.15) is 0 Å². The van der Waals surface area contributed by atoms with Crippen LogP contribution < -0.4 is 5.32 Å². The third-order valence-corrected chi connectivity index (χ3v) is 6.86. The van der Waals surface area contributed by atoms with Gasteiger partial charge in [0.1, 0.15) is 6.10 Å². The van der Waals surface area contributed by atoms with Crippen LogP contribution in [0.1, 0.15) is 49.8 Å². The molecule has 4 rings (SSSR count). The van der Waals surface area contributed by atoms with Gasteiger partial charge in [0, 0.05) is 29.7 Å². The molecule has 1 aromatic heterocycles. The van der Waals surface area contributed by atoms with Crippen LogP contribution in [0.2, 0.25) is 0 Å². The van der Waals surface area contributed by atoms with E-state index in [0.717, 1.165) is 41.4 Å². The highest BCUT2D eigenvalue weighted by Gasteiger charge is 2.36. The number of hydrogen-bond donors (Lipinski definition) is 1. The molecule has 2 aromatic carbocycles. The van der Waals surface area contributed by atoms with Gasteiger partial charge in [-0.05, 0) is 42.9 Å². The summed E-state index contributed by atoms with van der Waals surface area (Å²) in [7, 11) is 0. The molecule has 0 saturated carbocycles. The molecule has 166 valence electrons. The van der Waals surface area contributed by atoms with Crippen LogP contribution in [0.15, 0.2) is 79.5 Å². The number of carbonyl (C=O) groups is 1. The van der Waals surface area contributed by atoms with E-state index in [9.17, 15) is 4.79 Å². The Balaban J connectivity index is 1.68. The summed E-state index contributed by atoms with van der Waals surface area (Å²) in [5.41, 5.74) is 2.88. The van der Waals surface area contributed by atoms with Crippen molar-refractivity contribution < 1.29 is 9.53 Å². The van der Waals surface area contributed by atoms with Gasteiger partial charge in [-0.15, -0.1) is 6.58 Å². The van der Waals surface area contributed by atoms with Crippen LogP contribution in [0.25, 0.3) is 10.9 Å². The van der Waals surface area contributed by atoms with Gasteiger partial charge >= 0.3 is 5.97 Å². The van der Waals surface area contributed by atoms with Crippen molar-refractivity contribution in [2.75, 3.05) is 6.54 Å². The van der Waals surface area contributed by atoms with E-state index in [-0.39, 0.29) is 24.0 Å². The minimum Gasteiger partial charge on any atom is -0.455 e. The van der Waals surface area contributed by atoms with Crippen molar-refractivity contribution >= 4 is 16.9 Å². The van der Waals surface area contributed by atoms with E-state index in [2.05, 4.69) is 35.9 Å². The first-order chi connectivity index (χ1) is 15.6. The number of benzene rings is 2. The van der Waals surface area contributed by atoms with Crippen molar-refractivity contribution in [3.05, 3.63) is 90.6 Å². The van der Waals surface area contributed by atoms with Crippen LogP contribution in [0, 0.1) is 11.8 Å². The monoisotopic (exact) mass is 428 g/mol. The van der Waals surface area contributed by atoms with Gasteiger partial charge < -0.3 is 10.1 Å². The molecule has 1 aliphatic rings. The summed E-state index contributed by atoms with van der Waals surface area (Å²) in [5, 5.41) is 4.69. The highest BCUT2D eigenvalue weighted by molar-refractivity contribution is 5.83. The Hall–Kier alpha value is -2.98. The SMILES string of the molecule is C=C[C@H]1CN[C@@H]([C@@H](OC(=O)C(C)c2ccccc2)c2ccnc3ccccc23)C[C@@H]1CC. The molecule has 0 radical (unpaired) electrons. The molecule has 0 bridgehead atoms. The van der Waals surface area contributed by atoms with Crippen LogP contribution in [0.3, 0.4) is 0 Å². The molecular formula is C28H32N2O2.